The van der Waals surface area contributed by atoms with Gasteiger partial charge in [-0.3, -0.25) is 9.69 Å². The Hall–Kier alpha value is -1.19. The Morgan fingerprint density at radius 3 is 2.33 bits per heavy atom. The van der Waals surface area contributed by atoms with Gasteiger partial charge in [-0.15, -0.1) is 12.4 Å². The minimum absolute atomic E-state index is 0. The molecule has 1 aromatic carbocycles. The number of piperazine rings is 1. The molecule has 0 bridgehead atoms. The van der Waals surface area contributed by atoms with Gasteiger partial charge in [-0.2, -0.15) is 4.31 Å². The first-order chi connectivity index (χ1) is 12.6. The predicted molar refractivity (Wildman–Crippen MR) is 107 cm³/mol. The molecule has 3 fully saturated rings. The highest BCUT2D eigenvalue weighted by atomic mass is 35.5. The molecular formula is C18H27ClN4O3S. The number of hydrogen-bond acceptors (Lipinski definition) is 5. The van der Waals surface area contributed by atoms with Crippen LogP contribution < -0.4 is 10.2 Å². The number of hydrogen-bond donors (Lipinski definition) is 1. The maximum atomic E-state index is 13.0. The quantitative estimate of drug-likeness (QED) is 0.792. The van der Waals surface area contributed by atoms with Crippen molar-refractivity contribution >= 4 is 34.0 Å². The van der Waals surface area contributed by atoms with E-state index in [4.69, 9.17) is 0 Å². The SMILES string of the molecule is Cl.O=C1CCCN1c1ccc(S(=O)(=O)N2CCC(N3CCNCC3)C2)cc1. The molecule has 3 heterocycles. The van der Waals surface area contributed by atoms with Crippen LogP contribution in [-0.2, 0) is 14.8 Å². The standard InChI is InChI=1S/C18H26N4O3S.ClH/c23-18-2-1-10-22(18)15-3-5-17(6-4-15)26(24,25)21-11-7-16(14-21)20-12-8-19-9-13-20;/h3-6,16,19H,1-2,7-14H2;1H. The molecule has 7 nitrogen and oxygen atoms in total. The fourth-order valence-electron chi connectivity index (χ4n) is 4.14. The Morgan fingerprint density at radius 2 is 1.70 bits per heavy atom. The van der Waals surface area contributed by atoms with Gasteiger partial charge in [0.15, 0.2) is 0 Å². The number of nitrogens with one attached hydrogen (secondary N) is 1. The summed E-state index contributed by atoms with van der Waals surface area (Å²) in [7, 11) is -3.48. The van der Waals surface area contributed by atoms with Crippen molar-refractivity contribution in [2.75, 3.05) is 50.7 Å². The van der Waals surface area contributed by atoms with Gasteiger partial charge in [0.1, 0.15) is 0 Å². The third kappa shape index (κ3) is 4.14. The average Bonchev–Trinajstić information content (AvgIpc) is 3.32. The van der Waals surface area contributed by atoms with Gasteiger partial charge in [0.05, 0.1) is 4.90 Å². The number of sulfonamides is 1. The van der Waals surface area contributed by atoms with E-state index in [1.807, 2.05) is 0 Å². The Bertz CT molecular complexity index is 765. The van der Waals surface area contributed by atoms with Crippen LogP contribution in [0.4, 0.5) is 5.69 Å². The Morgan fingerprint density at radius 1 is 1.00 bits per heavy atom. The predicted octanol–water partition coefficient (Wildman–Crippen LogP) is 0.903. The molecule has 4 rings (SSSR count). The summed E-state index contributed by atoms with van der Waals surface area (Å²) in [6.07, 6.45) is 2.32. The summed E-state index contributed by atoms with van der Waals surface area (Å²) >= 11 is 0. The smallest absolute Gasteiger partial charge is 0.243 e. The Labute approximate surface area is 167 Å². The lowest BCUT2D eigenvalue weighted by Crippen LogP contribution is -2.49. The van der Waals surface area contributed by atoms with Crippen LogP contribution in [0.2, 0.25) is 0 Å². The molecule has 27 heavy (non-hydrogen) atoms. The second-order valence-electron chi connectivity index (χ2n) is 7.23. The lowest BCUT2D eigenvalue weighted by molar-refractivity contribution is -0.117. The number of benzene rings is 1. The van der Waals surface area contributed by atoms with E-state index in [0.717, 1.165) is 44.7 Å². The van der Waals surface area contributed by atoms with Gasteiger partial charge in [0.2, 0.25) is 15.9 Å². The van der Waals surface area contributed by atoms with Crippen LogP contribution in [-0.4, -0.2) is 75.4 Å². The minimum Gasteiger partial charge on any atom is -0.314 e. The van der Waals surface area contributed by atoms with Crippen molar-refractivity contribution in [1.82, 2.24) is 14.5 Å². The number of rotatable bonds is 4. The van der Waals surface area contributed by atoms with Crippen molar-refractivity contribution in [2.24, 2.45) is 0 Å². The molecule has 1 aromatic rings. The zero-order chi connectivity index (χ0) is 18.1. The second-order valence-corrected chi connectivity index (χ2v) is 9.17. The van der Waals surface area contributed by atoms with Crippen LogP contribution in [0, 0.1) is 0 Å². The van der Waals surface area contributed by atoms with Crippen LogP contribution in [0.5, 0.6) is 0 Å². The summed E-state index contributed by atoms with van der Waals surface area (Å²) in [5, 5.41) is 3.34. The van der Waals surface area contributed by atoms with E-state index in [2.05, 4.69) is 10.2 Å². The van der Waals surface area contributed by atoms with Crippen molar-refractivity contribution < 1.29 is 13.2 Å². The van der Waals surface area contributed by atoms with Crippen molar-refractivity contribution in [1.29, 1.82) is 0 Å². The molecule has 1 atom stereocenters. The van der Waals surface area contributed by atoms with Crippen molar-refractivity contribution in [3.05, 3.63) is 24.3 Å². The molecular weight excluding hydrogens is 388 g/mol. The Kier molecular flexibility index (Phi) is 6.43. The van der Waals surface area contributed by atoms with E-state index >= 15 is 0 Å². The first kappa shape index (κ1) is 20.5. The third-order valence-corrected chi connectivity index (χ3v) is 7.53. The third-order valence-electron chi connectivity index (χ3n) is 5.65. The summed E-state index contributed by atoms with van der Waals surface area (Å²) in [4.78, 5) is 16.3. The van der Waals surface area contributed by atoms with E-state index in [1.54, 1.807) is 33.5 Å². The largest absolute Gasteiger partial charge is 0.314 e. The van der Waals surface area contributed by atoms with Gasteiger partial charge in [0.25, 0.3) is 0 Å². The lowest BCUT2D eigenvalue weighted by Gasteiger charge is -2.32. The highest BCUT2D eigenvalue weighted by Gasteiger charge is 2.35. The average molecular weight is 415 g/mol. The lowest BCUT2D eigenvalue weighted by atomic mass is 10.2. The molecule has 3 aliphatic rings. The fraction of sp³-hybridized carbons (Fsp3) is 0.611. The first-order valence-corrected chi connectivity index (χ1v) is 10.8. The molecule has 3 saturated heterocycles. The van der Waals surface area contributed by atoms with E-state index in [1.165, 1.54) is 0 Å². The molecule has 3 aliphatic heterocycles. The van der Waals surface area contributed by atoms with Gasteiger partial charge in [0, 0.05) is 64.0 Å². The molecule has 0 saturated carbocycles. The van der Waals surface area contributed by atoms with Gasteiger partial charge < -0.3 is 10.2 Å². The number of carbonyl (C=O) groups is 1. The van der Waals surface area contributed by atoms with Gasteiger partial charge >= 0.3 is 0 Å². The van der Waals surface area contributed by atoms with E-state index in [0.29, 0.717) is 37.0 Å². The van der Waals surface area contributed by atoms with E-state index < -0.39 is 10.0 Å². The summed E-state index contributed by atoms with van der Waals surface area (Å²) in [5.74, 6) is 0.110. The van der Waals surface area contributed by atoms with Crippen LogP contribution >= 0.6 is 12.4 Å². The number of amides is 1. The van der Waals surface area contributed by atoms with Crippen LogP contribution in [0.15, 0.2) is 29.2 Å². The van der Waals surface area contributed by atoms with Crippen LogP contribution in [0.3, 0.4) is 0 Å². The van der Waals surface area contributed by atoms with Crippen LogP contribution in [0.25, 0.3) is 0 Å². The highest BCUT2D eigenvalue weighted by molar-refractivity contribution is 7.89. The topological polar surface area (TPSA) is 73.0 Å². The molecule has 0 aliphatic carbocycles. The van der Waals surface area contributed by atoms with Gasteiger partial charge in [-0.05, 0) is 37.1 Å². The zero-order valence-electron chi connectivity index (χ0n) is 15.3. The maximum Gasteiger partial charge on any atom is 0.243 e. The molecule has 1 unspecified atom stereocenters. The zero-order valence-corrected chi connectivity index (χ0v) is 17.0. The highest BCUT2D eigenvalue weighted by Crippen LogP contribution is 2.27. The molecule has 0 aromatic heterocycles. The number of anilines is 1. The summed E-state index contributed by atoms with van der Waals surface area (Å²) in [6, 6.07) is 7.08. The maximum absolute atomic E-state index is 13.0. The Balaban J connectivity index is 0.00000210. The first-order valence-electron chi connectivity index (χ1n) is 9.41. The van der Waals surface area contributed by atoms with Crippen molar-refractivity contribution in [2.45, 2.75) is 30.2 Å². The molecule has 1 N–H and O–H groups in total. The monoisotopic (exact) mass is 414 g/mol. The van der Waals surface area contributed by atoms with Crippen molar-refractivity contribution in [3.63, 3.8) is 0 Å². The van der Waals surface area contributed by atoms with Gasteiger partial charge in [-0.1, -0.05) is 0 Å². The second kappa shape index (κ2) is 8.45. The van der Waals surface area contributed by atoms with Crippen molar-refractivity contribution in [3.8, 4) is 0 Å². The molecule has 9 heteroatoms. The fourth-order valence-corrected chi connectivity index (χ4v) is 5.63. The minimum atomic E-state index is -3.48. The summed E-state index contributed by atoms with van der Waals surface area (Å²) in [6.45, 7) is 5.76. The molecule has 0 radical (unpaired) electrons. The van der Waals surface area contributed by atoms with E-state index in [9.17, 15) is 13.2 Å². The normalized spacial score (nSPS) is 25.0. The van der Waals surface area contributed by atoms with Gasteiger partial charge in [-0.25, -0.2) is 8.42 Å². The number of nitrogens with zero attached hydrogens (tertiary/aromatic N) is 3. The number of halogens is 1. The van der Waals surface area contributed by atoms with Crippen LogP contribution in [0.1, 0.15) is 19.3 Å². The molecule has 0 spiro atoms. The van der Waals surface area contributed by atoms with E-state index in [-0.39, 0.29) is 18.3 Å². The number of carbonyl (C=O) groups excluding carboxylic acids is 1. The summed E-state index contributed by atoms with van der Waals surface area (Å²) < 4.78 is 27.6. The molecule has 1 amide bonds. The summed E-state index contributed by atoms with van der Waals surface area (Å²) in [5.41, 5.74) is 0.784. The molecule has 150 valence electrons.